The molecule has 1 atom stereocenters. The van der Waals surface area contributed by atoms with Crippen molar-refractivity contribution in [2.45, 2.75) is 19.6 Å². The molecule has 0 amide bonds. The number of rotatable bonds is 6. The minimum atomic E-state index is -0.386. The Morgan fingerprint density at radius 2 is 2.40 bits per heavy atom. The molecule has 1 aliphatic rings. The fourth-order valence-corrected chi connectivity index (χ4v) is 2.45. The maximum Gasteiger partial charge on any atom is 0.342 e. The van der Waals surface area contributed by atoms with Crippen molar-refractivity contribution < 1.29 is 9.66 Å². The number of likely N-dealkylation sites (N-methyl/N-ethyl adjacent to an activating group) is 1. The second kappa shape index (κ2) is 6.78. The second-order valence-electron chi connectivity index (χ2n) is 4.92. The van der Waals surface area contributed by atoms with Crippen molar-refractivity contribution in [2.75, 3.05) is 39.8 Å². The van der Waals surface area contributed by atoms with E-state index in [0.29, 0.717) is 19.0 Å². The number of ether oxygens (including phenoxy) is 1. The van der Waals surface area contributed by atoms with Crippen LogP contribution in [0.25, 0.3) is 0 Å². The molecule has 0 saturated carbocycles. The van der Waals surface area contributed by atoms with Gasteiger partial charge in [0.05, 0.1) is 12.7 Å². The first-order chi connectivity index (χ1) is 9.61. The van der Waals surface area contributed by atoms with Gasteiger partial charge in [-0.2, -0.15) is 0 Å². The van der Waals surface area contributed by atoms with Crippen LogP contribution in [0.4, 0.5) is 5.82 Å². The minimum absolute atomic E-state index is 0.0579. The van der Waals surface area contributed by atoms with E-state index in [0.717, 1.165) is 26.2 Å². The second-order valence-corrected chi connectivity index (χ2v) is 4.92. The molecule has 1 aromatic heterocycles. The molecule has 0 spiro atoms. The average Bonchev–Trinajstić information content (AvgIpc) is 2.79. The summed E-state index contributed by atoms with van der Waals surface area (Å²) in [4.78, 5) is 16.8. The topological polar surface area (TPSA) is 85.5 Å². The van der Waals surface area contributed by atoms with Gasteiger partial charge in [0, 0.05) is 33.1 Å². The number of hydrogen-bond donors (Lipinski definition) is 1. The molecule has 8 heteroatoms. The number of hydrogen-bond acceptors (Lipinski definition) is 6. The van der Waals surface area contributed by atoms with E-state index in [1.807, 2.05) is 7.05 Å². The van der Waals surface area contributed by atoms with Crippen LogP contribution < -0.4 is 5.32 Å². The Bertz CT molecular complexity index is 460. The summed E-state index contributed by atoms with van der Waals surface area (Å²) in [5.74, 6) is 0.735. The van der Waals surface area contributed by atoms with E-state index in [4.69, 9.17) is 4.74 Å². The van der Waals surface area contributed by atoms with E-state index in [1.54, 1.807) is 11.5 Å². The summed E-state index contributed by atoms with van der Waals surface area (Å²) in [6, 6.07) is 0. The van der Waals surface area contributed by atoms with Gasteiger partial charge in [0.2, 0.25) is 0 Å². The molecule has 20 heavy (non-hydrogen) atoms. The maximum absolute atomic E-state index is 10.9. The quantitative estimate of drug-likeness (QED) is 0.585. The molecule has 1 aliphatic heterocycles. The van der Waals surface area contributed by atoms with Crippen molar-refractivity contribution in [2.24, 2.45) is 0 Å². The summed E-state index contributed by atoms with van der Waals surface area (Å²) < 4.78 is 7.30. The van der Waals surface area contributed by atoms with Crippen LogP contribution in [0.1, 0.15) is 5.82 Å². The predicted octanol–water partition coefficient (Wildman–Crippen LogP) is 0.0199. The highest BCUT2D eigenvalue weighted by molar-refractivity contribution is 5.18. The zero-order valence-corrected chi connectivity index (χ0v) is 11.9. The van der Waals surface area contributed by atoms with Crippen LogP contribution in [-0.2, 0) is 11.3 Å². The number of aryl methyl sites for hydroxylation is 1. The largest absolute Gasteiger partial charge is 0.374 e. The van der Waals surface area contributed by atoms with E-state index < -0.39 is 0 Å². The first kappa shape index (κ1) is 14.9. The van der Waals surface area contributed by atoms with Crippen LogP contribution >= 0.6 is 0 Å². The first-order valence-corrected chi connectivity index (χ1v) is 6.77. The van der Waals surface area contributed by atoms with E-state index in [9.17, 15) is 10.1 Å². The number of aromatic nitrogens is 2. The van der Waals surface area contributed by atoms with E-state index in [-0.39, 0.29) is 16.8 Å². The number of nitrogens with one attached hydrogen (secondary N) is 1. The fourth-order valence-electron chi connectivity index (χ4n) is 2.45. The van der Waals surface area contributed by atoms with Gasteiger partial charge in [0.25, 0.3) is 0 Å². The highest BCUT2D eigenvalue weighted by Crippen LogP contribution is 2.14. The van der Waals surface area contributed by atoms with Crippen LogP contribution in [0.5, 0.6) is 0 Å². The zero-order valence-electron chi connectivity index (χ0n) is 11.9. The molecule has 8 nitrogen and oxygen atoms in total. The third-order valence-electron chi connectivity index (χ3n) is 3.52. The molecule has 1 fully saturated rings. The molecule has 0 radical (unpaired) electrons. The Morgan fingerprint density at radius 1 is 1.60 bits per heavy atom. The molecular formula is C12H21N5O3. The third-order valence-corrected chi connectivity index (χ3v) is 3.52. The summed E-state index contributed by atoms with van der Waals surface area (Å²) in [5, 5.41) is 14.0. The Hall–Kier alpha value is -1.51. The number of nitro groups is 1. The SMILES string of the molecule is CNCC1CN(CCn2c([N+](=O)[O-])cnc2C)CCO1. The standard InChI is InChI=1S/C12H21N5O3/c1-10-14-8-12(17(18)19)16(10)4-3-15-5-6-20-11(9-15)7-13-2/h8,11,13H,3-7,9H2,1-2H3. The lowest BCUT2D eigenvalue weighted by Gasteiger charge is -2.32. The third kappa shape index (κ3) is 3.53. The molecule has 0 aromatic carbocycles. The summed E-state index contributed by atoms with van der Waals surface area (Å²) in [6.45, 7) is 6.37. The summed E-state index contributed by atoms with van der Waals surface area (Å²) in [5.41, 5.74) is 0. The maximum atomic E-state index is 10.9. The van der Waals surface area contributed by atoms with Crippen molar-refractivity contribution in [3.05, 3.63) is 22.1 Å². The minimum Gasteiger partial charge on any atom is -0.374 e. The Morgan fingerprint density at radius 3 is 3.10 bits per heavy atom. The first-order valence-electron chi connectivity index (χ1n) is 6.77. The smallest absolute Gasteiger partial charge is 0.342 e. The summed E-state index contributed by atoms with van der Waals surface area (Å²) >= 11 is 0. The summed E-state index contributed by atoms with van der Waals surface area (Å²) in [7, 11) is 1.90. The van der Waals surface area contributed by atoms with Crippen LogP contribution in [0.3, 0.4) is 0 Å². The van der Waals surface area contributed by atoms with Gasteiger partial charge >= 0.3 is 5.82 Å². The van der Waals surface area contributed by atoms with Crippen molar-refractivity contribution in [3.8, 4) is 0 Å². The number of nitrogens with zero attached hydrogens (tertiary/aromatic N) is 4. The molecular weight excluding hydrogens is 262 g/mol. The van der Waals surface area contributed by atoms with Gasteiger partial charge in [-0.3, -0.25) is 4.90 Å². The molecule has 112 valence electrons. The summed E-state index contributed by atoms with van der Waals surface area (Å²) in [6.07, 6.45) is 1.51. The Labute approximate surface area is 117 Å². The van der Waals surface area contributed by atoms with Gasteiger partial charge in [-0.1, -0.05) is 0 Å². The normalized spacial score (nSPS) is 20.2. The predicted molar refractivity (Wildman–Crippen MR) is 73.7 cm³/mol. The van der Waals surface area contributed by atoms with E-state index in [1.165, 1.54) is 6.20 Å². The Balaban J connectivity index is 1.92. The van der Waals surface area contributed by atoms with Gasteiger partial charge in [-0.15, -0.1) is 0 Å². The lowest BCUT2D eigenvalue weighted by atomic mass is 10.2. The molecule has 1 saturated heterocycles. The Kier molecular flexibility index (Phi) is 5.05. The number of imidazole rings is 1. The van der Waals surface area contributed by atoms with Crippen LogP contribution in [0.15, 0.2) is 6.20 Å². The molecule has 0 aliphatic carbocycles. The van der Waals surface area contributed by atoms with Crippen molar-refractivity contribution in [3.63, 3.8) is 0 Å². The molecule has 2 rings (SSSR count). The fraction of sp³-hybridized carbons (Fsp3) is 0.750. The number of morpholine rings is 1. The van der Waals surface area contributed by atoms with Gasteiger partial charge in [-0.25, -0.2) is 9.55 Å². The van der Waals surface area contributed by atoms with Gasteiger partial charge < -0.3 is 20.2 Å². The van der Waals surface area contributed by atoms with Gasteiger partial charge in [0.1, 0.15) is 12.7 Å². The van der Waals surface area contributed by atoms with Crippen molar-refractivity contribution in [1.29, 1.82) is 0 Å². The van der Waals surface area contributed by atoms with E-state index >= 15 is 0 Å². The molecule has 1 unspecified atom stereocenters. The van der Waals surface area contributed by atoms with Crippen LogP contribution in [-0.4, -0.2) is 65.3 Å². The zero-order chi connectivity index (χ0) is 14.5. The molecule has 1 aromatic rings. The molecule has 2 heterocycles. The van der Waals surface area contributed by atoms with Crippen LogP contribution in [0, 0.1) is 17.0 Å². The highest BCUT2D eigenvalue weighted by Gasteiger charge is 2.22. The average molecular weight is 283 g/mol. The molecule has 0 bridgehead atoms. The van der Waals surface area contributed by atoms with Crippen LogP contribution in [0.2, 0.25) is 0 Å². The van der Waals surface area contributed by atoms with E-state index in [2.05, 4.69) is 15.2 Å². The molecule has 1 N–H and O–H groups in total. The van der Waals surface area contributed by atoms with Gasteiger partial charge in [-0.05, 0) is 12.0 Å². The monoisotopic (exact) mass is 283 g/mol. The lowest BCUT2D eigenvalue weighted by molar-refractivity contribution is -0.392. The highest BCUT2D eigenvalue weighted by atomic mass is 16.6. The van der Waals surface area contributed by atoms with Crippen molar-refractivity contribution in [1.82, 2.24) is 19.8 Å². The van der Waals surface area contributed by atoms with Crippen molar-refractivity contribution >= 4 is 5.82 Å². The lowest BCUT2D eigenvalue weighted by Crippen LogP contribution is -2.47. The van der Waals surface area contributed by atoms with Gasteiger partial charge in [0.15, 0.2) is 5.82 Å².